The van der Waals surface area contributed by atoms with Crippen molar-refractivity contribution < 1.29 is 9.53 Å². The van der Waals surface area contributed by atoms with Crippen molar-refractivity contribution in [3.8, 4) is 0 Å². The number of rotatable bonds is 0. The molecule has 5 heteroatoms. The Hall–Kier alpha value is -1.39. The van der Waals surface area contributed by atoms with Crippen LogP contribution in [0.4, 0.5) is 4.79 Å². The molecular weight excluding hydrogens is 218 g/mol. The second kappa shape index (κ2) is 4.47. The van der Waals surface area contributed by atoms with Gasteiger partial charge in [-0.05, 0) is 32.8 Å². The van der Waals surface area contributed by atoms with Gasteiger partial charge in [-0.15, -0.1) is 0 Å². The van der Waals surface area contributed by atoms with Crippen LogP contribution >= 0.6 is 0 Å². The van der Waals surface area contributed by atoms with Gasteiger partial charge in [0.1, 0.15) is 5.60 Å². The van der Waals surface area contributed by atoms with Crippen LogP contribution < -0.4 is 0 Å². The van der Waals surface area contributed by atoms with Crippen LogP contribution in [0.1, 0.15) is 33.6 Å². The molecule has 17 heavy (non-hydrogen) atoms. The number of carbonyl (C=O) groups excluding carboxylic acids is 1. The molecule has 94 valence electrons. The van der Waals surface area contributed by atoms with Crippen LogP contribution in [0.15, 0.2) is 21.5 Å². The second-order valence-electron chi connectivity index (χ2n) is 5.42. The summed E-state index contributed by atoms with van der Waals surface area (Å²) in [6.45, 7) is 7.74. The van der Waals surface area contributed by atoms with Crippen LogP contribution in [0.5, 0.6) is 0 Å². The minimum atomic E-state index is -0.431. The van der Waals surface area contributed by atoms with Crippen molar-refractivity contribution in [3.63, 3.8) is 0 Å². The van der Waals surface area contributed by atoms with Crippen molar-refractivity contribution >= 4 is 6.09 Å². The fraction of sp³-hybridized carbons (Fsp3) is 0.750. The minimum Gasteiger partial charge on any atom is -0.444 e. The lowest BCUT2D eigenvalue weighted by molar-refractivity contribution is 0.0258. The van der Waals surface area contributed by atoms with E-state index in [9.17, 15) is 4.79 Å². The standard InChI is InChI=1S/C12H19N3O2/c1-12(2,3)17-11(16)15-6-4-9-8-13-14-10(9)5-7-15/h4-8H2,1-3H3. The molecule has 0 unspecified atom stereocenters. The van der Waals surface area contributed by atoms with Gasteiger partial charge in [0, 0.05) is 19.5 Å². The van der Waals surface area contributed by atoms with E-state index in [1.54, 1.807) is 4.90 Å². The van der Waals surface area contributed by atoms with E-state index in [0.717, 1.165) is 18.5 Å². The Morgan fingerprint density at radius 1 is 1.29 bits per heavy atom. The van der Waals surface area contributed by atoms with Gasteiger partial charge < -0.3 is 9.64 Å². The summed E-state index contributed by atoms with van der Waals surface area (Å²) in [5.74, 6) is 0. The molecule has 0 aromatic rings. The van der Waals surface area contributed by atoms with Crippen molar-refractivity contribution in [2.75, 3.05) is 19.6 Å². The molecule has 2 heterocycles. The molecule has 0 bridgehead atoms. The molecule has 0 saturated carbocycles. The van der Waals surface area contributed by atoms with Gasteiger partial charge in [-0.1, -0.05) is 0 Å². The number of hydrogen-bond acceptors (Lipinski definition) is 4. The maximum absolute atomic E-state index is 11.9. The summed E-state index contributed by atoms with van der Waals surface area (Å²) in [6, 6.07) is 0. The summed E-state index contributed by atoms with van der Waals surface area (Å²) in [7, 11) is 0. The highest BCUT2D eigenvalue weighted by molar-refractivity contribution is 5.68. The largest absolute Gasteiger partial charge is 0.444 e. The third-order valence-electron chi connectivity index (χ3n) is 2.81. The molecule has 0 aromatic heterocycles. The molecule has 0 aliphatic carbocycles. The molecule has 1 amide bonds. The Bertz CT molecular complexity index is 380. The average molecular weight is 237 g/mol. The quantitative estimate of drug-likeness (QED) is 0.650. The molecule has 5 nitrogen and oxygen atoms in total. The highest BCUT2D eigenvalue weighted by Gasteiger charge is 2.25. The highest BCUT2D eigenvalue weighted by atomic mass is 16.6. The molecule has 0 atom stereocenters. The van der Waals surface area contributed by atoms with Gasteiger partial charge in [-0.3, -0.25) is 0 Å². The van der Waals surface area contributed by atoms with Gasteiger partial charge >= 0.3 is 6.09 Å². The van der Waals surface area contributed by atoms with Crippen molar-refractivity contribution in [1.29, 1.82) is 0 Å². The SMILES string of the molecule is CC(C)(C)OC(=O)N1CCC2=C(CC1)N=NC2. The van der Waals surface area contributed by atoms with Crippen LogP contribution in [0, 0.1) is 0 Å². The Balaban J connectivity index is 1.93. The first kappa shape index (κ1) is 12.1. The molecule has 0 aromatic carbocycles. The summed E-state index contributed by atoms with van der Waals surface area (Å²) in [6.07, 6.45) is 1.43. The van der Waals surface area contributed by atoms with Gasteiger partial charge in [0.25, 0.3) is 0 Å². The van der Waals surface area contributed by atoms with Gasteiger partial charge in [-0.25, -0.2) is 4.79 Å². The maximum Gasteiger partial charge on any atom is 0.410 e. The number of carbonyl (C=O) groups is 1. The number of amides is 1. The minimum absolute atomic E-state index is 0.226. The zero-order valence-electron chi connectivity index (χ0n) is 10.7. The molecule has 0 spiro atoms. The lowest BCUT2D eigenvalue weighted by Gasteiger charge is -2.26. The lowest BCUT2D eigenvalue weighted by atomic mass is 10.1. The van der Waals surface area contributed by atoms with Gasteiger partial charge in [0.05, 0.1) is 12.2 Å². The first-order chi connectivity index (χ1) is 7.96. The van der Waals surface area contributed by atoms with Crippen molar-refractivity contribution in [1.82, 2.24) is 4.90 Å². The van der Waals surface area contributed by atoms with Crippen molar-refractivity contribution in [2.24, 2.45) is 10.2 Å². The molecule has 0 fully saturated rings. The van der Waals surface area contributed by atoms with E-state index in [1.807, 2.05) is 20.8 Å². The van der Waals surface area contributed by atoms with Crippen LogP contribution in [-0.2, 0) is 4.74 Å². The van der Waals surface area contributed by atoms with E-state index in [2.05, 4.69) is 10.2 Å². The number of hydrogen-bond donors (Lipinski definition) is 0. The first-order valence-electron chi connectivity index (χ1n) is 6.02. The van der Waals surface area contributed by atoms with Crippen LogP contribution in [0.3, 0.4) is 0 Å². The molecule has 0 saturated heterocycles. The fourth-order valence-corrected chi connectivity index (χ4v) is 1.95. The highest BCUT2D eigenvalue weighted by Crippen LogP contribution is 2.25. The van der Waals surface area contributed by atoms with E-state index in [-0.39, 0.29) is 6.09 Å². The topological polar surface area (TPSA) is 54.3 Å². The molecule has 0 N–H and O–H groups in total. The Labute approximate surface area is 102 Å². The zero-order valence-corrected chi connectivity index (χ0v) is 10.7. The summed E-state index contributed by atoms with van der Waals surface area (Å²) < 4.78 is 5.37. The summed E-state index contributed by atoms with van der Waals surface area (Å²) in [5, 5.41) is 8.13. The molecule has 2 rings (SSSR count). The van der Waals surface area contributed by atoms with Gasteiger partial charge in [0.2, 0.25) is 0 Å². The molecule has 0 radical (unpaired) electrons. The third kappa shape index (κ3) is 3.05. The van der Waals surface area contributed by atoms with Gasteiger partial charge in [0.15, 0.2) is 0 Å². The Kier molecular flexibility index (Phi) is 3.17. The lowest BCUT2D eigenvalue weighted by Crippen LogP contribution is -2.37. The smallest absolute Gasteiger partial charge is 0.410 e. The van der Waals surface area contributed by atoms with Crippen LogP contribution in [0.25, 0.3) is 0 Å². The molecule has 2 aliphatic rings. The van der Waals surface area contributed by atoms with Crippen LogP contribution in [0.2, 0.25) is 0 Å². The molecule has 2 aliphatic heterocycles. The Morgan fingerprint density at radius 2 is 2.00 bits per heavy atom. The first-order valence-corrected chi connectivity index (χ1v) is 6.02. The zero-order chi connectivity index (χ0) is 12.5. The van der Waals surface area contributed by atoms with Gasteiger partial charge in [-0.2, -0.15) is 10.2 Å². The second-order valence-corrected chi connectivity index (χ2v) is 5.42. The number of ether oxygens (including phenoxy) is 1. The number of azo groups is 1. The van der Waals surface area contributed by atoms with E-state index >= 15 is 0 Å². The normalized spacial score (nSPS) is 20.3. The monoisotopic (exact) mass is 237 g/mol. The van der Waals surface area contributed by atoms with E-state index < -0.39 is 5.60 Å². The summed E-state index contributed by atoms with van der Waals surface area (Å²) >= 11 is 0. The van der Waals surface area contributed by atoms with Crippen molar-refractivity contribution in [3.05, 3.63) is 11.3 Å². The van der Waals surface area contributed by atoms with E-state index in [4.69, 9.17) is 4.74 Å². The summed E-state index contributed by atoms with van der Waals surface area (Å²) in [5.41, 5.74) is 1.91. The van der Waals surface area contributed by atoms with E-state index in [0.29, 0.717) is 19.6 Å². The van der Waals surface area contributed by atoms with Crippen molar-refractivity contribution in [2.45, 2.75) is 39.2 Å². The fourth-order valence-electron chi connectivity index (χ4n) is 1.95. The predicted molar refractivity (Wildman–Crippen MR) is 63.8 cm³/mol. The Morgan fingerprint density at radius 3 is 2.71 bits per heavy atom. The van der Waals surface area contributed by atoms with E-state index in [1.165, 1.54) is 5.57 Å². The average Bonchev–Trinajstić information content (AvgIpc) is 2.54. The predicted octanol–water partition coefficient (Wildman–Crippen LogP) is 2.74. The summed E-state index contributed by atoms with van der Waals surface area (Å²) in [4.78, 5) is 13.7. The number of nitrogens with zero attached hydrogens (tertiary/aromatic N) is 3. The third-order valence-corrected chi connectivity index (χ3v) is 2.81. The maximum atomic E-state index is 11.9. The molecular formula is C12H19N3O2. The van der Waals surface area contributed by atoms with Crippen LogP contribution in [-0.4, -0.2) is 36.2 Å².